The standard InChI is InChI=1S/C8H17NO/c1-4-5-7(10)8(9)6(2)3/h6,8H,4-5,9H2,1-3H3/t8-/m0/s1. The van der Waals surface area contributed by atoms with Gasteiger partial charge in [-0.2, -0.15) is 0 Å². The van der Waals surface area contributed by atoms with E-state index >= 15 is 0 Å². The molecule has 0 bridgehead atoms. The molecule has 2 N–H and O–H groups in total. The van der Waals surface area contributed by atoms with Crippen molar-refractivity contribution in [3.8, 4) is 0 Å². The van der Waals surface area contributed by atoms with E-state index in [1.165, 1.54) is 0 Å². The molecule has 60 valence electrons. The van der Waals surface area contributed by atoms with Gasteiger partial charge in [-0.25, -0.2) is 0 Å². The average Bonchev–Trinajstić information content (AvgIpc) is 1.87. The van der Waals surface area contributed by atoms with Gasteiger partial charge in [-0.15, -0.1) is 0 Å². The number of hydrogen-bond acceptors (Lipinski definition) is 2. The highest BCUT2D eigenvalue weighted by Crippen LogP contribution is 2.02. The van der Waals surface area contributed by atoms with Crippen LogP contribution in [-0.2, 0) is 4.79 Å². The summed E-state index contributed by atoms with van der Waals surface area (Å²) < 4.78 is 0. The zero-order valence-corrected chi connectivity index (χ0v) is 7.05. The normalized spacial score (nSPS) is 13.7. The maximum atomic E-state index is 11.1. The van der Waals surface area contributed by atoms with Gasteiger partial charge >= 0.3 is 0 Å². The quantitative estimate of drug-likeness (QED) is 0.645. The zero-order chi connectivity index (χ0) is 8.15. The highest BCUT2D eigenvalue weighted by Gasteiger charge is 2.15. The molecule has 0 heterocycles. The lowest BCUT2D eigenvalue weighted by Gasteiger charge is -2.12. The maximum Gasteiger partial charge on any atom is 0.149 e. The Morgan fingerprint density at radius 2 is 2.00 bits per heavy atom. The third-order valence-electron chi connectivity index (χ3n) is 1.59. The SMILES string of the molecule is CCCC(=O)[C@@H](N)C(C)C. The minimum Gasteiger partial charge on any atom is -0.321 e. The van der Waals surface area contributed by atoms with Gasteiger partial charge in [0.1, 0.15) is 5.78 Å². The molecule has 0 aliphatic rings. The van der Waals surface area contributed by atoms with E-state index in [1.807, 2.05) is 20.8 Å². The number of ketones is 1. The van der Waals surface area contributed by atoms with E-state index in [9.17, 15) is 4.79 Å². The van der Waals surface area contributed by atoms with Crippen LogP contribution < -0.4 is 5.73 Å². The molecule has 0 aliphatic carbocycles. The Balaban J connectivity index is 3.71. The van der Waals surface area contributed by atoms with Crippen LogP contribution in [0.3, 0.4) is 0 Å². The van der Waals surface area contributed by atoms with Gasteiger partial charge in [0.15, 0.2) is 0 Å². The van der Waals surface area contributed by atoms with Crippen LogP contribution in [0.25, 0.3) is 0 Å². The van der Waals surface area contributed by atoms with E-state index in [2.05, 4.69) is 0 Å². The minimum atomic E-state index is -0.250. The van der Waals surface area contributed by atoms with Gasteiger partial charge in [0.2, 0.25) is 0 Å². The first-order chi connectivity index (χ1) is 4.59. The van der Waals surface area contributed by atoms with Crippen LogP contribution in [0.15, 0.2) is 0 Å². The molecule has 0 spiro atoms. The molecule has 0 saturated carbocycles. The van der Waals surface area contributed by atoms with Crippen LogP contribution in [0.5, 0.6) is 0 Å². The Labute approximate surface area is 62.8 Å². The number of Topliss-reactive ketones (excluding diaryl/α,β-unsaturated/α-hetero) is 1. The molecule has 0 aromatic carbocycles. The van der Waals surface area contributed by atoms with Gasteiger partial charge in [-0.3, -0.25) is 4.79 Å². The molecule has 2 nitrogen and oxygen atoms in total. The third-order valence-corrected chi connectivity index (χ3v) is 1.59. The Morgan fingerprint density at radius 1 is 1.50 bits per heavy atom. The molecule has 0 saturated heterocycles. The second-order valence-electron chi connectivity index (χ2n) is 2.99. The van der Waals surface area contributed by atoms with Gasteiger partial charge in [-0.05, 0) is 12.3 Å². The van der Waals surface area contributed by atoms with Crippen molar-refractivity contribution in [1.29, 1.82) is 0 Å². The summed E-state index contributed by atoms with van der Waals surface area (Å²) >= 11 is 0. The molecule has 10 heavy (non-hydrogen) atoms. The lowest BCUT2D eigenvalue weighted by Crippen LogP contribution is -2.35. The second-order valence-corrected chi connectivity index (χ2v) is 2.99. The first-order valence-corrected chi connectivity index (χ1v) is 3.87. The molecule has 1 atom stereocenters. The minimum absolute atomic E-state index is 0.192. The number of hydrogen-bond donors (Lipinski definition) is 1. The van der Waals surface area contributed by atoms with Crippen molar-refractivity contribution in [1.82, 2.24) is 0 Å². The summed E-state index contributed by atoms with van der Waals surface area (Å²) in [6.45, 7) is 5.93. The molecule has 0 aliphatic heterocycles. The van der Waals surface area contributed by atoms with E-state index < -0.39 is 0 Å². The summed E-state index contributed by atoms with van der Waals surface area (Å²) in [5.41, 5.74) is 5.60. The molecule has 0 aromatic rings. The predicted molar refractivity (Wildman–Crippen MR) is 42.7 cm³/mol. The summed E-state index contributed by atoms with van der Waals surface area (Å²) in [4.78, 5) is 11.1. The van der Waals surface area contributed by atoms with Gasteiger partial charge in [0, 0.05) is 6.42 Å². The maximum absolute atomic E-state index is 11.1. The summed E-state index contributed by atoms with van der Waals surface area (Å²) in [6.07, 6.45) is 1.53. The monoisotopic (exact) mass is 143 g/mol. The van der Waals surface area contributed by atoms with Crippen molar-refractivity contribution in [2.75, 3.05) is 0 Å². The molecule has 0 unspecified atom stereocenters. The zero-order valence-electron chi connectivity index (χ0n) is 7.05. The second kappa shape index (κ2) is 4.45. The van der Waals surface area contributed by atoms with E-state index in [0.717, 1.165) is 6.42 Å². The van der Waals surface area contributed by atoms with E-state index in [4.69, 9.17) is 5.73 Å². The van der Waals surface area contributed by atoms with Crippen molar-refractivity contribution in [3.63, 3.8) is 0 Å². The van der Waals surface area contributed by atoms with Crippen LogP contribution in [0.1, 0.15) is 33.6 Å². The first kappa shape index (κ1) is 9.63. The Bertz CT molecular complexity index is 110. The van der Waals surface area contributed by atoms with Crippen LogP contribution in [-0.4, -0.2) is 11.8 Å². The average molecular weight is 143 g/mol. The molecule has 0 radical (unpaired) electrons. The van der Waals surface area contributed by atoms with E-state index in [-0.39, 0.29) is 17.7 Å². The fourth-order valence-corrected chi connectivity index (χ4v) is 0.785. The van der Waals surface area contributed by atoms with Crippen molar-refractivity contribution < 1.29 is 4.79 Å². The molecular weight excluding hydrogens is 126 g/mol. The predicted octanol–water partition coefficient (Wildman–Crippen LogP) is 1.34. The Morgan fingerprint density at radius 3 is 2.30 bits per heavy atom. The number of carbonyl (C=O) groups is 1. The van der Waals surface area contributed by atoms with Crippen molar-refractivity contribution in [2.45, 2.75) is 39.7 Å². The van der Waals surface area contributed by atoms with Crippen molar-refractivity contribution in [3.05, 3.63) is 0 Å². The lowest BCUT2D eigenvalue weighted by molar-refractivity contribution is -0.121. The van der Waals surface area contributed by atoms with E-state index in [1.54, 1.807) is 0 Å². The highest BCUT2D eigenvalue weighted by atomic mass is 16.1. The molecule has 2 heteroatoms. The number of carbonyl (C=O) groups excluding carboxylic acids is 1. The van der Waals surface area contributed by atoms with Crippen LogP contribution >= 0.6 is 0 Å². The fourth-order valence-electron chi connectivity index (χ4n) is 0.785. The van der Waals surface area contributed by atoms with Crippen molar-refractivity contribution >= 4 is 5.78 Å². The van der Waals surface area contributed by atoms with Gasteiger partial charge in [-0.1, -0.05) is 20.8 Å². The first-order valence-electron chi connectivity index (χ1n) is 3.87. The molecule has 0 fully saturated rings. The lowest BCUT2D eigenvalue weighted by atomic mass is 9.98. The summed E-state index contributed by atoms with van der Waals surface area (Å²) in [7, 11) is 0. The Kier molecular flexibility index (Phi) is 4.28. The topological polar surface area (TPSA) is 43.1 Å². The molecule has 0 rings (SSSR count). The van der Waals surface area contributed by atoms with Crippen LogP contribution in [0.4, 0.5) is 0 Å². The van der Waals surface area contributed by atoms with Gasteiger partial charge in [0.25, 0.3) is 0 Å². The smallest absolute Gasteiger partial charge is 0.149 e. The van der Waals surface area contributed by atoms with Gasteiger partial charge in [0.05, 0.1) is 6.04 Å². The summed E-state index contributed by atoms with van der Waals surface area (Å²) in [6, 6.07) is -0.250. The summed E-state index contributed by atoms with van der Waals surface area (Å²) in [5.74, 6) is 0.469. The van der Waals surface area contributed by atoms with Crippen LogP contribution in [0, 0.1) is 5.92 Å². The number of rotatable bonds is 4. The van der Waals surface area contributed by atoms with E-state index in [0.29, 0.717) is 6.42 Å². The largest absolute Gasteiger partial charge is 0.321 e. The molecule has 0 aromatic heterocycles. The third kappa shape index (κ3) is 2.97. The Hall–Kier alpha value is -0.370. The van der Waals surface area contributed by atoms with Crippen molar-refractivity contribution in [2.24, 2.45) is 11.7 Å². The highest BCUT2D eigenvalue weighted by molar-refractivity contribution is 5.83. The molecule has 0 amide bonds. The molecular formula is C8H17NO. The van der Waals surface area contributed by atoms with Gasteiger partial charge < -0.3 is 5.73 Å². The summed E-state index contributed by atoms with van der Waals surface area (Å²) in [5, 5.41) is 0. The fraction of sp³-hybridized carbons (Fsp3) is 0.875. The van der Waals surface area contributed by atoms with Crippen LogP contribution in [0.2, 0.25) is 0 Å². The number of nitrogens with two attached hydrogens (primary N) is 1.